The van der Waals surface area contributed by atoms with Crippen molar-refractivity contribution in [3.8, 4) is 0 Å². The molecule has 7 nitrogen and oxygen atoms in total. The van der Waals surface area contributed by atoms with Crippen LogP contribution in [-0.4, -0.2) is 46.8 Å². The number of ether oxygens (including phenoxy) is 1. The molecule has 0 saturated carbocycles. The number of methoxy groups -OCH3 is 1. The second-order valence-corrected chi connectivity index (χ2v) is 4.20. The van der Waals surface area contributed by atoms with Gasteiger partial charge in [-0.15, -0.1) is 0 Å². The van der Waals surface area contributed by atoms with Crippen LogP contribution < -0.4 is 5.32 Å². The summed E-state index contributed by atoms with van der Waals surface area (Å²) in [6, 6.07) is -1.42. The van der Waals surface area contributed by atoms with E-state index in [1.165, 1.54) is 7.11 Å². The number of nitrogens with one attached hydrogen (secondary N) is 1. The van der Waals surface area contributed by atoms with E-state index in [2.05, 4.69) is 5.32 Å². The van der Waals surface area contributed by atoms with Gasteiger partial charge in [0.05, 0.1) is 18.4 Å². The summed E-state index contributed by atoms with van der Waals surface area (Å²) in [5.41, 5.74) is -0.726. The van der Waals surface area contributed by atoms with Crippen molar-refractivity contribution in [3.63, 3.8) is 0 Å². The van der Waals surface area contributed by atoms with Gasteiger partial charge in [0.25, 0.3) is 0 Å². The summed E-state index contributed by atoms with van der Waals surface area (Å²) in [4.78, 5) is 32.6. The van der Waals surface area contributed by atoms with Crippen LogP contribution in [0.1, 0.15) is 26.7 Å². The number of carboxylic acids is 2. The maximum absolute atomic E-state index is 11.5. The van der Waals surface area contributed by atoms with Gasteiger partial charge < -0.3 is 20.3 Å². The van der Waals surface area contributed by atoms with E-state index in [4.69, 9.17) is 14.9 Å². The number of hydrogen-bond donors (Lipinski definition) is 3. The first-order valence-corrected chi connectivity index (χ1v) is 4.97. The van der Waals surface area contributed by atoms with E-state index in [1.54, 1.807) is 13.8 Å². The third-order valence-electron chi connectivity index (χ3n) is 2.15. The number of aliphatic carboxylic acids is 2. The van der Waals surface area contributed by atoms with Crippen molar-refractivity contribution in [2.75, 3.05) is 7.11 Å². The van der Waals surface area contributed by atoms with Crippen LogP contribution in [0.3, 0.4) is 0 Å². The number of carbonyl (C=O) groups excluding carboxylic acids is 1. The Balaban J connectivity index is 4.41. The summed E-state index contributed by atoms with van der Waals surface area (Å²) >= 11 is 0. The lowest BCUT2D eigenvalue weighted by Gasteiger charge is -2.23. The molecule has 0 aromatic heterocycles. The predicted octanol–water partition coefficient (Wildman–Crippen LogP) is -0.154. The summed E-state index contributed by atoms with van der Waals surface area (Å²) < 4.78 is 5.01. The van der Waals surface area contributed by atoms with Crippen molar-refractivity contribution in [1.29, 1.82) is 0 Å². The molecule has 0 aliphatic carbocycles. The third-order valence-corrected chi connectivity index (χ3v) is 2.15. The number of carboxylic acid groups (broad SMARTS) is 2. The van der Waals surface area contributed by atoms with Crippen molar-refractivity contribution < 1.29 is 29.3 Å². The van der Waals surface area contributed by atoms with Crippen molar-refractivity contribution in [3.05, 3.63) is 0 Å². The molecule has 1 unspecified atom stereocenters. The lowest BCUT2D eigenvalue weighted by Crippen LogP contribution is -2.44. The fourth-order valence-electron chi connectivity index (χ4n) is 1.08. The molecule has 0 heterocycles. The Bertz CT molecular complexity index is 312. The average molecular weight is 247 g/mol. The van der Waals surface area contributed by atoms with Gasteiger partial charge in [-0.25, -0.2) is 4.79 Å². The van der Waals surface area contributed by atoms with Crippen LogP contribution in [0.2, 0.25) is 0 Å². The summed E-state index contributed by atoms with van der Waals surface area (Å²) in [5, 5.41) is 19.3. The van der Waals surface area contributed by atoms with Gasteiger partial charge in [0.2, 0.25) is 5.91 Å². The molecule has 0 aliphatic heterocycles. The van der Waals surface area contributed by atoms with Crippen LogP contribution >= 0.6 is 0 Å². The molecule has 0 rings (SSSR count). The lowest BCUT2D eigenvalue weighted by molar-refractivity contribution is -0.147. The Kier molecular flexibility index (Phi) is 5.60. The van der Waals surface area contributed by atoms with Gasteiger partial charge in [0, 0.05) is 7.11 Å². The van der Waals surface area contributed by atoms with Gasteiger partial charge in [-0.3, -0.25) is 9.59 Å². The lowest BCUT2D eigenvalue weighted by atomic mass is 10.0. The van der Waals surface area contributed by atoms with Crippen LogP contribution in [0.4, 0.5) is 0 Å². The Morgan fingerprint density at radius 1 is 1.29 bits per heavy atom. The van der Waals surface area contributed by atoms with E-state index >= 15 is 0 Å². The molecule has 1 amide bonds. The van der Waals surface area contributed by atoms with Gasteiger partial charge in [-0.1, -0.05) is 0 Å². The minimum absolute atomic E-state index is 0.0487. The highest BCUT2D eigenvalue weighted by Crippen LogP contribution is 2.12. The molecule has 1 atom stereocenters. The zero-order chi connectivity index (χ0) is 13.6. The second-order valence-electron chi connectivity index (χ2n) is 4.20. The first-order chi connectivity index (χ1) is 7.68. The maximum Gasteiger partial charge on any atom is 0.326 e. The SMILES string of the molecule is COC(C)(C)CC(=O)NC(CC(=O)O)C(=O)O. The van der Waals surface area contributed by atoms with Gasteiger partial charge in [-0.05, 0) is 13.8 Å². The summed E-state index contributed by atoms with van der Waals surface area (Å²) in [6.07, 6.45) is -0.707. The molecule has 7 heteroatoms. The highest BCUT2D eigenvalue weighted by Gasteiger charge is 2.26. The fourth-order valence-corrected chi connectivity index (χ4v) is 1.08. The highest BCUT2D eigenvalue weighted by atomic mass is 16.5. The number of carbonyl (C=O) groups is 3. The summed E-state index contributed by atoms with van der Waals surface area (Å²) in [6.45, 7) is 3.33. The van der Waals surface area contributed by atoms with Crippen LogP contribution in [0.5, 0.6) is 0 Å². The minimum atomic E-state index is -1.42. The molecular weight excluding hydrogens is 230 g/mol. The molecule has 0 radical (unpaired) electrons. The number of amides is 1. The van der Waals surface area contributed by atoms with Gasteiger partial charge in [0.1, 0.15) is 6.04 Å². The standard InChI is InChI=1S/C10H17NO6/c1-10(2,17-3)5-7(12)11-6(9(15)16)4-8(13)14/h6H,4-5H2,1-3H3,(H,11,12)(H,13,14)(H,15,16). The molecule has 0 aliphatic rings. The Morgan fingerprint density at radius 3 is 2.18 bits per heavy atom. The molecule has 0 aromatic carbocycles. The topological polar surface area (TPSA) is 113 Å². The molecule has 0 spiro atoms. The first-order valence-electron chi connectivity index (χ1n) is 4.97. The Morgan fingerprint density at radius 2 is 1.82 bits per heavy atom. The van der Waals surface area contributed by atoms with Crippen molar-refractivity contribution >= 4 is 17.8 Å². The first kappa shape index (κ1) is 15.4. The van der Waals surface area contributed by atoms with E-state index < -0.39 is 35.9 Å². The molecule has 0 bridgehead atoms. The Labute approximate surface area is 98.8 Å². The molecule has 98 valence electrons. The highest BCUT2D eigenvalue weighted by molar-refractivity contribution is 5.87. The zero-order valence-corrected chi connectivity index (χ0v) is 10.0. The van der Waals surface area contributed by atoms with Crippen LogP contribution in [0.25, 0.3) is 0 Å². The van der Waals surface area contributed by atoms with E-state index in [1.807, 2.05) is 0 Å². The molecular formula is C10H17NO6. The normalized spacial score (nSPS) is 12.9. The Hall–Kier alpha value is -1.63. The van der Waals surface area contributed by atoms with Crippen molar-refractivity contribution in [2.45, 2.75) is 38.3 Å². The van der Waals surface area contributed by atoms with E-state index in [-0.39, 0.29) is 6.42 Å². The quantitative estimate of drug-likeness (QED) is 0.576. The molecule has 0 saturated heterocycles. The largest absolute Gasteiger partial charge is 0.481 e. The van der Waals surface area contributed by atoms with E-state index in [0.717, 1.165) is 0 Å². The van der Waals surface area contributed by atoms with Crippen molar-refractivity contribution in [2.24, 2.45) is 0 Å². The second kappa shape index (κ2) is 6.19. The van der Waals surface area contributed by atoms with Crippen LogP contribution in [0.15, 0.2) is 0 Å². The summed E-state index contributed by atoms with van der Waals surface area (Å²) in [7, 11) is 1.43. The maximum atomic E-state index is 11.5. The zero-order valence-electron chi connectivity index (χ0n) is 10.0. The van der Waals surface area contributed by atoms with Gasteiger partial charge >= 0.3 is 11.9 Å². The van der Waals surface area contributed by atoms with E-state index in [0.29, 0.717) is 0 Å². The van der Waals surface area contributed by atoms with Crippen LogP contribution in [-0.2, 0) is 19.1 Å². The third kappa shape index (κ3) is 6.52. The monoisotopic (exact) mass is 247 g/mol. The molecule has 17 heavy (non-hydrogen) atoms. The van der Waals surface area contributed by atoms with Crippen molar-refractivity contribution in [1.82, 2.24) is 5.32 Å². The smallest absolute Gasteiger partial charge is 0.326 e. The van der Waals surface area contributed by atoms with Gasteiger partial charge in [0.15, 0.2) is 0 Å². The van der Waals surface area contributed by atoms with Gasteiger partial charge in [-0.2, -0.15) is 0 Å². The molecule has 0 aromatic rings. The number of rotatable bonds is 7. The fraction of sp³-hybridized carbons (Fsp3) is 0.700. The predicted molar refractivity (Wildman–Crippen MR) is 57.5 cm³/mol. The van der Waals surface area contributed by atoms with Crippen LogP contribution in [0, 0.1) is 0 Å². The molecule has 3 N–H and O–H groups in total. The minimum Gasteiger partial charge on any atom is -0.481 e. The molecule has 0 fully saturated rings. The summed E-state index contributed by atoms with van der Waals surface area (Å²) in [5.74, 6) is -3.23. The van der Waals surface area contributed by atoms with E-state index in [9.17, 15) is 14.4 Å². The average Bonchev–Trinajstić information content (AvgIpc) is 2.15. The number of hydrogen-bond acceptors (Lipinski definition) is 4.